The van der Waals surface area contributed by atoms with E-state index in [1.165, 1.54) is 0 Å². The molecule has 19 heavy (non-hydrogen) atoms. The molecule has 6 nitrogen and oxygen atoms in total. The summed E-state index contributed by atoms with van der Waals surface area (Å²) in [5.74, 6) is -1.05. The van der Waals surface area contributed by atoms with Crippen molar-refractivity contribution in [2.24, 2.45) is 0 Å². The van der Waals surface area contributed by atoms with Crippen molar-refractivity contribution < 1.29 is 32.6 Å². The first-order chi connectivity index (χ1) is 8.89. The maximum atomic E-state index is 13.2. The van der Waals surface area contributed by atoms with E-state index in [-0.39, 0.29) is 12.8 Å². The summed E-state index contributed by atoms with van der Waals surface area (Å²) in [5, 5.41) is 10.8. The van der Waals surface area contributed by atoms with Gasteiger partial charge in [0.2, 0.25) is 0 Å². The van der Waals surface area contributed by atoms with Gasteiger partial charge in [-0.1, -0.05) is 0 Å². The Labute approximate surface area is 106 Å². The lowest BCUT2D eigenvalue weighted by Gasteiger charge is -2.34. The Morgan fingerprint density at radius 2 is 2.21 bits per heavy atom. The predicted molar refractivity (Wildman–Crippen MR) is 55.1 cm³/mol. The summed E-state index contributed by atoms with van der Waals surface area (Å²) < 4.78 is 43.9. The molecule has 2 aliphatic heterocycles. The second kappa shape index (κ2) is 4.97. The van der Waals surface area contributed by atoms with Gasteiger partial charge < -0.3 is 9.84 Å². The van der Waals surface area contributed by atoms with Crippen molar-refractivity contribution in [2.45, 2.75) is 37.3 Å². The number of aliphatic hydroxyl groups is 1. The number of rotatable bonds is 3. The number of halogens is 3. The van der Waals surface area contributed by atoms with Gasteiger partial charge in [-0.05, 0) is 12.8 Å². The van der Waals surface area contributed by atoms with Gasteiger partial charge in [-0.3, -0.25) is 15.0 Å². The quantitative estimate of drug-likeness (QED) is 0.764. The molecule has 0 spiro atoms. The Bertz CT molecular complexity index is 395. The Balaban J connectivity index is 2.08. The van der Waals surface area contributed by atoms with Gasteiger partial charge in [0, 0.05) is 0 Å². The van der Waals surface area contributed by atoms with E-state index >= 15 is 0 Å². The van der Waals surface area contributed by atoms with Crippen molar-refractivity contribution >= 4 is 11.9 Å². The fourth-order valence-electron chi connectivity index (χ4n) is 2.16. The van der Waals surface area contributed by atoms with E-state index in [1.54, 1.807) is 5.32 Å². The molecule has 108 valence electrons. The van der Waals surface area contributed by atoms with E-state index in [0.29, 0.717) is 0 Å². The summed E-state index contributed by atoms with van der Waals surface area (Å²) in [6.07, 6.45) is -6.03. The topological polar surface area (TPSA) is 78.9 Å². The van der Waals surface area contributed by atoms with Crippen molar-refractivity contribution in [1.82, 2.24) is 10.2 Å². The first kappa shape index (κ1) is 14.1. The van der Waals surface area contributed by atoms with Crippen LogP contribution in [0.5, 0.6) is 0 Å². The monoisotopic (exact) mass is 282 g/mol. The number of alkyl halides is 3. The highest BCUT2D eigenvalue weighted by Gasteiger charge is 2.51. The SMILES string of the molecule is O=C1NC(=O)N([C@H]2CC[C@](CO)(C(F)F)O2)CC1F. The van der Waals surface area contributed by atoms with Crippen molar-refractivity contribution in [3.8, 4) is 0 Å². The minimum atomic E-state index is -2.92. The van der Waals surface area contributed by atoms with Crippen LogP contribution in [0.3, 0.4) is 0 Å². The van der Waals surface area contributed by atoms with Crippen molar-refractivity contribution in [3.05, 3.63) is 0 Å². The first-order valence-electron chi connectivity index (χ1n) is 5.72. The van der Waals surface area contributed by atoms with Crippen LogP contribution in [0, 0.1) is 0 Å². The zero-order valence-electron chi connectivity index (χ0n) is 9.81. The molecule has 2 aliphatic rings. The van der Waals surface area contributed by atoms with E-state index in [1.807, 2.05) is 0 Å². The van der Waals surface area contributed by atoms with Gasteiger partial charge in [0.05, 0.1) is 13.2 Å². The Hall–Kier alpha value is -1.35. The molecule has 3 atom stereocenters. The van der Waals surface area contributed by atoms with Crippen LogP contribution in [0.4, 0.5) is 18.0 Å². The number of hydrogen-bond donors (Lipinski definition) is 2. The van der Waals surface area contributed by atoms with Crippen LogP contribution in [-0.4, -0.2) is 59.5 Å². The van der Waals surface area contributed by atoms with Gasteiger partial charge in [-0.15, -0.1) is 0 Å². The Morgan fingerprint density at radius 1 is 1.53 bits per heavy atom. The normalized spacial score (nSPS) is 35.9. The molecule has 0 radical (unpaired) electrons. The predicted octanol–water partition coefficient (Wildman–Crippen LogP) is 0.00900. The number of amides is 3. The molecule has 0 aromatic heterocycles. The van der Waals surface area contributed by atoms with Gasteiger partial charge in [-0.25, -0.2) is 18.0 Å². The lowest BCUT2D eigenvalue weighted by Crippen LogP contribution is -2.59. The molecule has 9 heteroatoms. The maximum Gasteiger partial charge on any atom is 0.326 e. The van der Waals surface area contributed by atoms with E-state index in [2.05, 4.69) is 0 Å². The number of aliphatic hydroxyl groups excluding tert-OH is 1. The van der Waals surface area contributed by atoms with Crippen LogP contribution in [-0.2, 0) is 9.53 Å². The largest absolute Gasteiger partial charge is 0.393 e. The summed E-state index contributed by atoms with van der Waals surface area (Å²) in [7, 11) is 0. The van der Waals surface area contributed by atoms with E-state index in [4.69, 9.17) is 9.84 Å². The van der Waals surface area contributed by atoms with Crippen LogP contribution in [0.2, 0.25) is 0 Å². The highest BCUT2D eigenvalue weighted by Crippen LogP contribution is 2.37. The zero-order chi connectivity index (χ0) is 14.2. The summed E-state index contributed by atoms with van der Waals surface area (Å²) in [6.45, 7) is -1.44. The highest BCUT2D eigenvalue weighted by molar-refractivity contribution is 5.99. The average Bonchev–Trinajstić information content (AvgIpc) is 2.79. The van der Waals surface area contributed by atoms with Crippen molar-refractivity contribution in [2.75, 3.05) is 13.2 Å². The maximum absolute atomic E-state index is 13.2. The Morgan fingerprint density at radius 3 is 2.74 bits per heavy atom. The van der Waals surface area contributed by atoms with Crippen LogP contribution < -0.4 is 5.32 Å². The van der Waals surface area contributed by atoms with Crippen LogP contribution in [0.25, 0.3) is 0 Å². The third kappa shape index (κ3) is 2.39. The van der Waals surface area contributed by atoms with E-state index < -0.39 is 49.5 Å². The molecule has 0 aromatic rings. The second-order valence-electron chi connectivity index (χ2n) is 4.55. The van der Waals surface area contributed by atoms with Gasteiger partial charge in [0.25, 0.3) is 12.3 Å². The van der Waals surface area contributed by atoms with Gasteiger partial charge in [0.15, 0.2) is 11.8 Å². The summed E-state index contributed by atoms with van der Waals surface area (Å²) in [5.41, 5.74) is -2.03. The standard InChI is InChI=1S/C10H13F3N2O4/c11-5-3-15(9(18)14-7(5)17)6-1-2-10(4-16,19-6)8(12)13/h5-6,8,16H,1-4H2,(H,14,17,18)/t5?,6-,10+/m1/s1. The molecule has 2 rings (SSSR count). The molecular weight excluding hydrogens is 269 g/mol. The molecule has 0 aromatic carbocycles. The number of carbonyl (C=O) groups is 2. The van der Waals surface area contributed by atoms with Crippen LogP contribution >= 0.6 is 0 Å². The smallest absolute Gasteiger partial charge is 0.326 e. The summed E-state index contributed by atoms with van der Waals surface area (Å²) in [4.78, 5) is 23.3. The first-order valence-corrected chi connectivity index (χ1v) is 5.72. The number of nitrogens with zero attached hydrogens (tertiary/aromatic N) is 1. The molecule has 2 N–H and O–H groups in total. The van der Waals surface area contributed by atoms with Crippen LogP contribution in [0.15, 0.2) is 0 Å². The van der Waals surface area contributed by atoms with Gasteiger partial charge in [0.1, 0.15) is 6.23 Å². The van der Waals surface area contributed by atoms with Gasteiger partial charge >= 0.3 is 6.03 Å². The fourth-order valence-corrected chi connectivity index (χ4v) is 2.16. The fraction of sp³-hybridized carbons (Fsp3) is 0.800. The van der Waals surface area contributed by atoms with Crippen molar-refractivity contribution in [1.29, 1.82) is 0 Å². The zero-order valence-corrected chi connectivity index (χ0v) is 9.81. The summed E-state index contributed by atoms with van der Waals surface area (Å²) >= 11 is 0. The highest BCUT2D eigenvalue weighted by atomic mass is 19.3. The number of urea groups is 1. The third-order valence-electron chi connectivity index (χ3n) is 3.33. The molecular formula is C10H13F3N2O4. The molecule has 0 bridgehead atoms. The molecule has 0 aliphatic carbocycles. The van der Waals surface area contributed by atoms with Crippen LogP contribution in [0.1, 0.15) is 12.8 Å². The second-order valence-corrected chi connectivity index (χ2v) is 4.55. The molecule has 1 unspecified atom stereocenters. The molecule has 0 saturated carbocycles. The number of carbonyl (C=O) groups excluding carboxylic acids is 2. The lowest BCUT2D eigenvalue weighted by molar-refractivity contribution is -0.179. The van der Waals surface area contributed by atoms with E-state index in [9.17, 15) is 22.8 Å². The third-order valence-corrected chi connectivity index (χ3v) is 3.33. The summed E-state index contributed by atoms with van der Waals surface area (Å²) in [6, 6.07) is -0.882. The average molecular weight is 282 g/mol. The molecule has 3 amide bonds. The minimum absolute atomic E-state index is 0.0409. The van der Waals surface area contributed by atoms with Crippen molar-refractivity contribution in [3.63, 3.8) is 0 Å². The molecule has 2 saturated heterocycles. The minimum Gasteiger partial charge on any atom is -0.393 e. The number of nitrogens with one attached hydrogen (secondary N) is 1. The van der Waals surface area contributed by atoms with Gasteiger partial charge in [-0.2, -0.15) is 0 Å². The van der Waals surface area contributed by atoms with E-state index in [0.717, 1.165) is 4.90 Å². The number of ether oxygens (including phenoxy) is 1. The number of imide groups is 1. The molecule has 2 heterocycles. The molecule has 2 fully saturated rings. The number of hydrogen-bond acceptors (Lipinski definition) is 4. The Kier molecular flexibility index (Phi) is 3.68. The lowest BCUT2D eigenvalue weighted by atomic mass is 10.0.